The van der Waals surface area contributed by atoms with Gasteiger partial charge in [-0.15, -0.1) is 11.3 Å². The molecule has 2 amide bonds. The molecule has 1 aromatic rings. The fourth-order valence-electron chi connectivity index (χ4n) is 1.03. The molecule has 4 N–H and O–H groups in total. The third-order valence-electron chi connectivity index (χ3n) is 1.68. The fraction of sp³-hybridized carbons (Fsp3) is 0.444. The molecule has 0 spiro atoms. The summed E-state index contributed by atoms with van der Waals surface area (Å²) in [5.74, 6) is -0.602. The van der Waals surface area contributed by atoms with E-state index in [9.17, 15) is 9.59 Å². The topological polar surface area (TPSA) is 97.1 Å². The summed E-state index contributed by atoms with van der Waals surface area (Å²) >= 11 is 1.48. The summed E-state index contributed by atoms with van der Waals surface area (Å²) in [5, 5.41) is 2.74. The number of hydrogen-bond acceptors (Lipinski definition) is 5. The van der Waals surface area contributed by atoms with Crippen LogP contribution in [0.4, 0.5) is 0 Å². The Morgan fingerprint density at radius 3 is 2.88 bits per heavy atom. The lowest BCUT2D eigenvalue weighted by Crippen LogP contribution is -2.41. The molecule has 1 heterocycles. The number of carbonyl (C=O) groups is 2. The lowest BCUT2D eigenvalue weighted by Gasteiger charge is -2.02. The summed E-state index contributed by atoms with van der Waals surface area (Å²) in [7, 11) is 0. The van der Waals surface area contributed by atoms with Crippen molar-refractivity contribution in [1.82, 2.24) is 15.8 Å². The zero-order chi connectivity index (χ0) is 12.0. The standard InChI is InChI=1S/C9H14N4O2S/c1-6(14)12-13-8(15)4-7-5-16-9(11-7)2-3-10/h5H,2-4,10H2,1H3,(H,12,14)(H,13,15). The van der Waals surface area contributed by atoms with Gasteiger partial charge in [0.2, 0.25) is 11.8 Å². The number of carbonyl (C=O) groups excluding carboxylic acids is 2. The Balaban J connectivity index is 2.40. The molecule has 0 fully saturated rings. The summed E-state index contributed by atoms with van der Waals surface area (Å²) in [5.41, 5.74) is 10.6. The number of thiazole rings is 1. The van der Waals surface area contributed by atoms with Crippen LogP contribution >= 0.6 is 11.3 Å². The lowest BCUT2D eigenvalue weighted by atomic mass is 10.3. The zero-order valence-electron chi connectivity index (χ0n) is 8.95. The molecule has 6 nitrogen and oxygen atoms in total. The Morgan fingerprint density at radius 2 is 2.25 bits per heavy atom. The molecule has 0 aliphatic carbocycles. The molecule has 0 aliphatic rings. The summed E-state index contributed by atoms with van der Waals surface area (Å²) < 4.78 is 0. The smallest absolute Gasteiger partial charge is 0.244 e. The highest BCUT2D eigenvalue weighted by Crippen LogP contribution is 2.10. The van der Waals surface area contributed by atoms with Crippen molar-refractivity contribution in [3.63, 3.8) is 0 Å². The molecular weight excluding hydrogens is 228 g/mol. The largest absolute Gasteiger partial charge is 0.330 e. The van der Waals surface area contributed by atoms with Crippen LogP contribution in [-0.4, -0.2) is 23.3 Å². The van der Waals surface area contributed by atoms with E-state index in [-0.39, 0.29) is 18.2 Å². The third-order valence-corrected chi connectivity index (χ3v) is 2.63. The van der Waals surface area contributed by atoms with E-state index in [4.69, 9.17) is 5.73 Å². The molecule has 0 radical (unpaired) electrons. The molecule has 0 atom stereocenters. The first-order chi connectivity index (χ1) is 7.61. The first-order valence-corrected chi connectivity index (χ1v) is 5.68. The predicted molar refractivity (Wildman–Crippen MR) is 60.5 cm³/mol. The highest BCUT2D eigenvalue weighted by molar-refractivity contribution is 7.09. The average molecular weight is 242 g/mol. The van der Waals surface area contributed by atoms with Crippen LogP contribution in [0, 0.1) is 0 Å². The van der Waals surface area contributed by atoms with Gasteiger partial charge in [-0.25, -0.2) is 4.98 Å². The van der Waals surface area contributed by atoms with Crippen LogP contribution in [0.5, 0.6) is 0 Å². The van der Waals surface area contributed by atoms with Gasteiger partial charge < -0.3 is 5.73 Å². The Bertz CT molecular complexity index is 377. The van der Waals surface area contributed by atoms with E-state index in [0.29, 0.717) is 12.2 Å². The molecule has 0 aromatic carbocycles. The Morgan fingerprint density at radius 1 is 1.50 bits per heavy atom. The van der Waals surface area contributed by atoms with Gasteiger partial charge in [-0.05, 0) is 6.54 Å². The van der Waals surface area contributed by atoms with Crippen LogP contribution < -0.4 is 16.6 Å². The van der Waals surface area contributed by atoms with Crippen molar-refractivity contribution in [3.8, 4) is 0 Å². The van der Waals surface area contributed by atoms with E-state index < -0.39 is 0 Å². The first-order valence-electron chi connectivity index (χ1n) is 4.80. The van der Waals surface area contributed by atoms with E-state index in [1.165, 1.54) is 18.3 Å². The molecule has 0 aliphatic heterocycles. The molecule has 0 saturated heterocycles. The summed E-state index contributed by atoms with van der Waals surface area (Å²) in [4.78, 5) is 26.1. The molecule has 0 saturated carbocycles. The molecule has 0 unspecified atom stereocenters. The van der Waals surface area contributed by atoms with Gasteiger partial charge in [-0.2, -0.15) is 0 Å². The van der Waals surface area contributed by atoms with Gasteiger partial charge in [0.05, 0.1) is 17.1 Å². The number of rotatable bonds is 4. The van der Waals surface area contributed by atoms with Crippen LogP contribution in [0.25, 0.3) is 0 Å². The molecule has 7 heteroatoms. The van der Waals surface area contributed by atoms with Gasteiger partial charge in [-0.1, -0.05) is 0 Å². The van der Waals surface area contributed by atoms with Crippen LogP contribution in [0.1, 0.15) is 17.6 Å². The van der Waals surface area contributed by atoms with Gasteiger partial charge in [0, 0.05) is 18.7 Å². The Kier molecular flexibility index (Phi) is 4.87. The maximum absolute atomic E-state index is 11.3. The van der Waals surface area contributed by atoms with Crippen molar-refractivity contribution in [1.29, 1.82) is 0 Å². The molecule has 0 bridgehead atoms. The van der Waals surface area contributed by atoms with Crippen LogP contribution in [0.3, 0.4) is 0 Å². The van der Waals surface area contributed by atoms with Crippen LogP contribution in [0.2, 0.25) is 0 Å². The molecule has 88 valence electrons. The lowest BCUT2D eigenvalue weighted by molar-refractivity contribution is -0.127. The van der Waals surface area contributed by atoms with Gasteiger partial charge >= 0.3 is 0 Å². The number of nitrogens with zero attached hydrogens (tertiary/aromatic N) is 1. The second-order valence-electron chi connectivity index (χ2n) is 3.18. The zero-order valence-corrected chi connectivity index (χ0v) is 9.76. The maximum atomic E-state index is 11.3. The van der Waals surface area contributed by atoms with Gasteiger partial charge in [0.25, 0.3) is 0 Å². The Labute approximate surface area is 97.2 Å². The second kappa shape index (κ2) is 6.19. The number of hydrazine groups is 1. The number of amides is 2. The normalized spacial score (nSPS) is 9.88. The van der Waals surface area contributed by atoms with Crippen molar-refractivity contribution in [3.05, 3.63) is 16.1 Å². The molecule has 1 aromatic heterocycles. The number of nitrogens with one attached hydrogen (secondary N) is 2. The molecular formula is C9H14N4O2S. The van der Waals surface area contributed by atoms with Crippen LogP contribution in [-0.2, 0) is 22.4 Å². The minimum Gasteiger partial charge on any atom is -0.330 e. The summed E-state index contributed by atoms with van der Waals surface area (Å²) in [6.07, 6.45) is 0.874. The first kappa shape index (κ1) is 12.6. The minimum absolute atomic E-state index is 0.154. The number of aromatic nitrogens is 1. The summed E-state index contributed by atoms with van der Waals surface area (Å²) in [6.45, 7) is 1.87. The average Bonchev–Trinajstić information content (AvgIpc) is 2.63. The van der Waals surface area contributed by atoms with Crippen molar-refractivity contribution < 1.29 is 9.59 Å². The monoisotopic (exact) mass is 242 g/mol. The highest BCUT2D eigenvalue weighted by atomic mass is 32.1. The van der Waals surface area contributed by atoms with Gasteiger partial charge in [0.15, 0.2) is 0 Å². The maximum Gasteiger partial charge on any atom is 0.244 e. The SMILES string of the molecule is CC(=O)NNC(=O)Cc1csc(CCN)n1. The predicted octanol–water partition coefficient (Wildman–Crippen LogP) is -0.646. The third kappa shape index (κ3) is 4.37. The number of nitrogens with two attached hydrogens (primary N) is 1. The van der Waals surface area contributed by atoms with Crippen molar-refractivity contribution in [2.45, 2.75) is 19.8 Å². The summed E-state index contributed by atoms with van der Waals surface area (Å²) in [6, 6.07) is 0. The van der Waals surface area contributed by atoms with Crippen molar-refractivity contribution in [2.24, 2.45) is 5.73 Å². The van der Waals surface area contributed by atoms with E-state index in [1.54, 1.807) is 0 Å². The van der Waals surface area contributed by atoms with E-state index >= 15 is 0 Å². The Hall–Kier alpha value is -1.47. The van der Waals surface area contributed by atoms with Crippen LogP contribution in [0.15, 0.2) is 5.38 Å². The fourth-order valence-corrected chi connectivity index (χ4v) is 1.85. The molecule has 1 rings (SSSR count). The van der Waals surface area contributed by atoms with E-state index in [0.717, 1.165) is 11.4 Å². The minimum atomic E-state index is -0.310. The number of hydrogen-bond donors (Lipinski definition) is 3. The van der Waals surface area contributed by atoms with Gasteiger partial charge in [0.1, 0.15) is 0 Å². The van der Waals surface area contributed by atoms with Gasteiger partial charge in [-0.3, -0.25) is 20.4 Å². The van der Waals surface area contributed by atoms with Crippen molar-refractivity contribution >= 4 is 23.2 Å². The van der Waals surface area contributed by atoms with Crippen molar-refractivity contribution in [2.75, 3.05) is 6.54 Å². The van der Waals surface area contributed by atoms with E-state index in [2.05, 4.69) is 15.8 Å². The molecule has 16 heavy (non-hydrogen) atoms. The highest BCUT2D eigenvalue weighted by Gasteiger charge is 2.07. The van der Waals surface area contributed by atoms with E-state index in [1.807, 2.05) is 5.38 Å². The second-order valence-corrected chi connectivity index (χ2v) is 4.12. The quantitative estimate of drug-likeness (QED) is 0.611.